The molecule has 0 spiro atoms. The first-order chi connectivity index (χ1) is 16.6. The summed E-state index contributed by atoms with van der Waals surface area (Å²) in [5, 5.41) is 18.6. The Morgan fingerprint density at radius 2 is 1.83 bits per heavy atom. The third kappa shape index (κ3) is 3.03. The summed E-state index contributed by atoms with van der Waals surface area (Å²) in [7, 11) is 2.05. The van der Waals surface area contributed by atoms with E-state index in [1.54, 1.807) is 35.4 Å². The van der Waals surface area contributed by atoms with Crippen LogP contribution in [0, 0.1) is 16.7 Å². The first-order valence-electron chi connectivity index (χ1n) is 11.8. The molecule has 182 valence electrons. The van der Waals surface area contributed by atoms with E-state index in [-0.39, 0.29) is 30.8 Å². The molecule has 1 aromatic carbocycles. The van der Waals surface area contributed by atoms with Crippen LogP contribution in [0.5, 0.6) is 0 Å². The average Bonchev–Trinajstić information content (AvgIpc) is 3.16. The lowest BCUT2D eigenvalue weighted by atomic mass is 9.80. The van der Waals surface area contributed by atoms with Gasteiger partial charge in [0.25, 0.3) is 0 Å². The van der Waals surface area contributed by atoms with Crippen molar-refractivity contribution in [2.24, 2.45) is 5.41 Å². The zero-order valence-corrected chi connectivity index (χ0v) is 19.6. The van der Waals surface area contributed by atoms with E-state index < -0.39 is 17.0 Å². The molecule has 0 radical (unpaired) electrons. The summed E-state index contributed by atoms with van der Waals surface area (Å²) >= 11 is 0. The highest BCUT2D eigenvalue weighted by Gasteiger charge is 2.86. The molecule has 1 aliphatic carbocycles. The fraction of sp³-hybridized carbons (Fsp3) is 0.520. The predicted octanol–water partition coefficient (Wildman–Crippen LogP) is 4.18. The summed E-state index contributed by atoms with van der Waals surface area (Å²) in [4.78, 5) is 8.27. The lowest BCUT2D eigenvalue weighted by Crippen LogP contribution is -2.39. The molecule has 2 saturated heterocycles. The van der Waals surface area contributed by atoms with Gasteiger partial charge in [-0.05, 0) is 63.7 Å². The molecule has 6 rings (SSSR count). The highest BCUT2D eigenvalue weighted by atomic mass is 19.4. The number of nitriles is 1. The highest BCUT2D eigenvalue weighted by molar-refractivity contribution is 5.95. The molecule has 0 unspecified atom stereocenters. The van der Waals surface area contributed by atoms with Crippen LogP contribution in [0.25, 0.3) is 10.9 Å². The van der Waals surface area contributed by atoms with Gasteiger partial charge >= 0.3 is 6.18 Å². The fourth-order valence-electron chi connectivity index (χ4n) is 6.08. The Hall–Kier alpha value is -3.19. The van der Waals surface area contributed by atoms with Gasteiger partial charge in [0.05, 0.1) is 16.5 Å². The van der Waals surface area contributed by atoms with Crippen molar-refractivity contribution in [3.05, 3.63) is 47.8 Å². The van der Waals surface area contributed by atoms with Crippen LogP contribution >= 0.6 is 0 Å². The van der Waals surface area contributed by atoms with E-state index in [0.717, 1.165) is 25.9 Å². The van der Waals surface area contributed by atoms with Crippen LogP contribution in [0.1, 0.15) is 43.5 Å². The second kappa shape index (κ2) is 7.17. The third-order valence-corrected chi connectivity index (χ3v) is 8.51. The van der Waals surface area contributed by atoms with Crippen molar-refractivity contribution in [1.82, 2.24) is 20.1 Å². The van der Waals surface area contributed by atoms with Crippen molar-refractivity contribution in [1.29, 1.82) is 5.26 Å². The Bertz CT molecular complexity index is 1360. The summed E-state index contributed by atoms with van der Waals surface area (Å²) in [6.07, 6.45) is -1.27. The number of piperidine rings is 2. The number of halogens is 3. The van der Waals surface area contributed by atoms with Gasteiger partial charge in [0.2, 0.25) is 11.8 Å². The van der Waals surface area contributed by atoms with Crippen LogP contribution < -0.4 is 4.90 Å². The fourth-order valence-corrected chi connectivity index (χ4v) is 6.08. The van der Waals surface area contributed by atoms with Crippen LogP contribution in [0.2, 0.25) is 0 Å². The zero-order chi connectivity index (χ0) is 24.6. The maximum absolute atomic E-state index is 14.5. The summed E-state index contributed by atoms with van der Waals surface area (Å²) < 4.78 is 49.7. The van der Waals surface area contributed by atoms with Gasteiger partial charge < -0.3 is 14.2 Å². The van der Waals surface area contributed by atoms with E-state index in [2.05, 4.69) is 40.1 Å². The summed E-state index contributed by atoms with van der Waals surface area (Å²) in [5.74, 6) is 0.521. The molecule has 2 aliphatic heterocycles. The van der Waals surface area contributed by atoms with Gasteiger partial charge in [-0.25, -0.2) is 0 Å². The van der Waals surface area contributed by atoms with Gasteiger partial charge in [-0.1, -0.05) is 6.92 Å². The standard InChI is InChI=1S/C25H25F3N6O/c1-22(7-10-33(2)11-8-22)20-31-32-21(35-20)23-13-24(23,25(26,27)28)15-34(14-23)18-6-5-16(12-29)19-17(18)4-3-9-30-19/h3-6,9H,7-8,10-11,13-15H2,1-2H3/t23-,24-/m0/s1. The van der Waals surface area contributed by atoms with E-state index in [4.69, 9.17) is 4.42 Å². The number of hydrogen-bond donors (Lipinski definition) is 0. The summed E-state index contributed by atoms with van der Waals surface area (Å²) in [6.45, 7) is 3.71. The van der Waals surface area contributed by atoms with Crippen LogP contribution in [0.4, 0.5) is 18.9 Å². The Morgan fingerprint density at radius 1 is 1.09 bits per heavy atom. The minimum absolute atomic E-state index is 0.0620. The molecule has 0 N–H and O–H groups in total. The number of anilines is 1. The molecule has 35 heavy (non-hydrogen) atoms. The summed E-state index contributed by atoms with van der Waals surface area (Å²) in [6, 6.07) is 8.96. The van der Waals surface area contributed by atoms with E-state index in [1.165, 1.54) is 0 Å². The Labute approximate surface area is 200 Å². The molecular formula is C25H25F3N6O. The number of nitrogens with zero attached hydrogens (tertiary/aromatic N) is 6. The topological polar surface area (TPSA) is 82.1 Å². The molecule has 0 amide bonds. The SMILES string of the molecule is CN1CCC(C)(c2nnc([C@]34CN(c5ccc(C#N)c6ncccc56)C[C@@]3(C(F)(F)F)C4)o2)CC1. The number of aromatic nitrogens is 3. The van der Waals surface area contributed by atoms with Gasteiger partial charge in [0.1, 0.15) is 11.5 Å². The number of rotatable bonds is 3. The van der Waals surface area contributed by atoms with Gasteiger partial charge in [-0.3, -0.25) is 4.98 Å². The maximum atomic E-state index is 14.5. The van der Waals surface area contributed by atoms with E-state index in [0.29, 0.717) is 28.0 Å². The minimum atomic E-state index is -4.42. The van der Waals surface area contributed by atoms with Gasteiger partial charge in [-0.15, -0.1) is 10.2 Å². The minimum Gasteiger partial charge on any atom is -0.424 e. The number of hydrogen-bond acceptors (Lipinski definition) is 7. The molecule has 4 heterocycles. The van der Waals surface area contributed by atoms with E-state index in [9.17, 15) is 18.4 Å². The van der Waals surface area contributed by atoms with Crippen molar-refractivity contribution in [2.75, 3.05) is 38.1 Å². The summed E-state index contributed by atoms with van der Waals surface area (Å²) in [5.41, 5.74) is -2.05. The van der Waals surface area contributed by atoms with Crippen LogP contribution in [0.3, 0.4) is 0 Å². The van der Waals surface area contributed by atoms with Crippen LogP contribution in [-0.2, 0) is 10.8 Å². The second-order valence-corrected chi connectivity index (χ2v) is 10.6. The number of alkyl halides is 3. The number of fused-ring (bicyclic) bond motifs is 2. The lowest BCUT2D eigenvalue weighted by Gasteiger charge is -2.35. The molecule has 2 aromatic heterocycles. The van der Waals surface area contributed by atoms with E-state index >= 15 is 0 Å². The molecule has 3 aromatic rings. The number of likely N-dealkylation sites (tertiary alicyclic amines) is 1. The Morgan fingerprint density at radius 3 is 2.54 bits per heavy atom. The Balaban J connectivity index is 1.39. The Kier molecular flexibility index (Phi) is 4.56. The van der Waals surface area contributed by atoms with Crippen molar-refractivity contribution in [3.63, 3.8) is 0 Å². The van der Waals surface area contributed by atoms with Crippen molar-refractivity contribution in [3.8, 4) is 6.07 Å². The molecule has 0 bridgehead atoms. The molecular weight excluding hydrogens is 457 g/mol. The van der Waals surface area contributed by atoms with Crippen molar-refractivity contribution >= 4 is 16.6 Å². The van der Waals surface area contributed by atoms with Gasteiger partial charge in [0, 0.05) is 35.8 Å². The second-order valence-electron chi connectivity index (χ2n) is 10.6. The normalized spacial score (nSPS) is 28.2. The third-order valence-electron chi connectivity index (χ3n) is 8.51. The largest absolute Gasteiger partial charge is 0.424 e. The van der Waals surface area contributed by atoms with E-state index in [1.807, 2.05) is 0 Å². The molecule has 10 heteroatoms. The maximum Gasteiger partial charge on any atom is 0.397 e. The van der Waals surface area contributed by atoms with Crippen LogP contribution in [0.15, 0.2) is 34.9 Å². The van der Waals surface area contributed by atoms with Crippen molar-refractivity contribution < 1.29 is 17.6 Å². The smallest absolute Gasteiger partial charge is 0.397 e. The monoisotopic (exact) mass is 482 g/mol. The van der Waals surface area contributed by atoms with Gasteiger partial charge in [0.15, 0.2) is 0 Å². The van der Waals surface area contributed by atoms with Crippen molar-refractivity contribution in [2.45, 2.75) is 43.2 Å². The molecule has 3 aliphatic rings. The highest BCUT2D eigenvalue weighted by Crippen LogP contribution is 2.75. The average molecular weight is 483 g/mol. The number of pyridine rings is 1. The zero-order valence-electron chi connectivity index (χ0n) is 19.6. The lowest BCUT2D eigenvalue weighted by molar-refractivity contribution is -0.187. The molecule has 1 saturated carbocycles. The first-order valence-corrected chi connectivity index (χ1v) is 11.8. The first kappa shape index (κ1) is 22.3. The quantitative estimate of drug-likeness (QED) is 0.554. The molecule has 2 atom stereocenters. The number of benzene rings is 1. The van der Waals surface area contributed by atoms with Gasteiger partial charge in [-0.2, -0.15) is 18.4 Å². The van der Waals surface area contributed by atoms with Crippen LogP contribution in [-0.4, -0.2) is 59.5 Å². The predicted molar refractivity (Wildman–Crippen MR) is 122 cm³/mol. The molecule has 7 nitrogen and oxygen atoms in total. The molecule has 3 fully saturated rings.